The first-order valence-corrected chi connectivity index (χ1v) is 6.49. The van der Waals surface area contributed by atoms with Gasteiger partial charge in [0, 0.05) is 11.3 Å². The Kier molecular flexibility index (Phi) is 6.10. The lowest BCUT2D eigenvalue weighted by atomic mass is 10.0. The monoisotopic (exact) mass is 219 g/mol. The van der Waals surface area contributed by atoms with Crippen LogP contribution in [0.15, 0.2) is 0 Å². The predicted molar refractivity (Wildman–Crippen MR) is 68.0 cm³/mol. The lowest BCUT2D eigenvalue weighted by Gasteiger charge is -2.25. The van der Waals surface area contributed by atoms with Crippen LogP contribution in [-0.2, 0) is 0 Å². The Bertz CT molecular complexity index is 150. The van der Waals surface area contributed by atoms with E-state index in [0.29, 0.717) is 5.54 Å². The van der Waals surface area contributed by atoms with Gasteiger partial charge in [0.2, 0.25) is 0 Å². The highest BCUT2D eigenvalue weighted by molar-refractivity contribution is 7.99. The minimum Gasteiger partial charge on any atom is -0.330 e. The topological polar surface area (TPSA) is 12.0 Å². The van der Waals surface area contributed by atoms with Gasteiger partial charge < -0.3 is 9.80 Å². The van der Waals surface area contributed by atoms with Crippen LogP contribution in [0.5, 0.6) is 0 Å². The summed E-state index contributed by atoms with van der Waals surface area (Å²) in [6, 6.07) is 0. The second kappa shape index (κ2) is 5.99. The molecule has 0 aromatic rings. The van der Waals surface area contributed by atoms with Crippen LogP contribution in [0.1, 0.15) is 20.3 Å². The van der Waals surface area contributed by atoms with Gasteiger partial charge >= 0.3 is 0 Å². The van der Waals surface area contributed by atoms with Gasteiger partial charge in [-0.05, 0) is 33.1 Å². The van der Waals surface area contributed by atoms with Crippen molar-refractivity contribution in [1.82, 2.24) is 5.32 Å². The Morgan fingerprint density at radius 3 is 2.14 bits per heavy atom. The molecule has 3 heteroatoms. The van der Waals surface area contributed by atoms with E-state index < -0.39 is 0 Å². The minimum absolute atomic E-state index is 0.295. The van der Waals surface area contributed by atoms with Crippen molar-refractivity contribution in [1.29, 1.82) is 0 Å². The first kappa shape index (κ1) is 14.3. The molecule has 0 aromatic heterocycles. The Morgan fingerprint density at radius 1 is 1.14 bits per heavy atom. The van der Waals surface area contributed by atoms with E-state index in [1.54, 1.807) is 0 Å². The number of thioether (sulfide) groups is 1. The van der Waals surface area contributed by atoms with Crippen LogP contribution in [0.25, 0.3) is 0 Å². The van der Waals surface area contributed by atoms with Gasteiger partial charge in [-0.1, -0.05) is 0 Å². The van der Waals surface area contributed by atoms with Crippen LogP contribution in [0.2, 0.25) is 0 Å². The highest BCUT2D eigenvalue weighted by atomic mass is 32.2. The van der Waals surface area contributed by atoms with Gasteiger partial charge in [-0.15, -0.1) is 0 Å². The Hall–Kier alpha value is 0.270. The lowest BCUT2D eigenvalue weighted by Crippen LogP contribution is -2.37. The van der Waals surface area contributed by atoms with Gasteiger partial charge in [-0.25, -0.2) is 0 Å². The second-order valence-electron chi connectivity index (χ2n) is 5.51. The van der Waals surface area contributed by atoms with Gasteiger partial charge in [-0.3, -0.25) is 0 Å². The van der Waals surface area contributed by atoms with E-state index >= 15 is 0 Å². The SMILES string of the molecule is CNC(C)(C)CCSCC[N+](C)(C)C. The van der Waals surface area contributed by atoms with Crippen LogP contribution < -0.4 is 5.32 Å². The molecule has 0 aromatic carbocycles. The molecule has 0 aliphatic carbocycles. The third-order valence-electron chi connectivity index (χ3n) is 2.45. The van der Waals surface area contributed by atoms with Crippen LogP contribution >= 0.6 is 11.8 Å². The van der Waals surface area contributed by atoms with Crippen LogP contribution in [-0.4, -0.2) is 56.3 Å². The fraction of sp³-hybridized carbons (Fsp3) is 1.00. The third kappa shape index (κ3) is 8.85. The maximum Gasteiger partial charge on any atom is 0.0872 e. The second-order valence-corrected chi connectivity index (χ2v) is 6.73. The molecule has 0 rings (SSSR count). The molecule has 1 N–H and O–H groups in total. The van der Waals surface area contributed by atoms with Crippen LogP contribution in [0, 0.1) is 0 Å². The average Bonchev–Trinajstić information content (AvgIpc) is 2.01. The third-order valence-corrected chi connectivity index (χ3v) is 3.42. The molecule has 0 aliphatic rings. The molecule has 2 nitrogen and oxygen atoms in total. The molecule has 14 heavy (non-hydrogen) atoms. The number of nitrogens with one attached hydrogen (secondary N) is 1. The molecule has 0 amide bonds. The molecule has 0 aliphatic heterocycles. The highest BCUT2D eigenvalue weighted by Crippen LogP contribution is 2.13. The fourth-order valence-corrected chi connectivity index (χ4v) is 2.43. The molecule has 0 heterocycles. The predicted octanol–water partition coefficient (Wildman–Crippen LogP) is 1.81. The zero-order valence-corrected chi connectivity index (χ0v) is 11.5. The quantitative estimate of drug-likeness (QED) is 0.518. The summed E-state index contributed by atoms with van der Waals surface area (Å²) >= 11 is 2.07. The minimum atomic E-state index is 0.295. The number of rotatable bonds is 7. The number of hydrogen-bond acceptors (Lipinski definition) is 2. The van der Waals surface area contributed by atoms with Gasteiger partial charge in [-0.2, -0.15) is 11.8 Å². The van der Waals surface area contributed by atoms with Gasteiger partial charge in [0.05, 0.1) is 27.7 Å². The van der Waals surface area contributed by atoms with Crippen molar-refractivity contribution >= 4 is 11.8 Å². The molecule has 0 spiro atoms. The molecular formula is C11H27N2S+. The summed E-state index contributed by atoms with van der Waals surface area (Å²) in [6.45, 7) is 5.77. The maximum absolute atomic E-state index is 3.33. The summed E-state index contributed by atoms with van der Waals surface area (Å²) in [5, 5.41) is 3.33. The molecule has 0 saturated carbocycles. The summed E-state index contributed by atoms with van der Waals surface area (Å²) in [7, 11) is 8.78. The van der Waals surface area contributed by atoms with Gasteiger partial charge in [0.1, 0.15) is 0 Å². The lowest BCUT2D eigenvalue weighted by molar-refractivity contribution is -0.867. The summed E-state index contributed by atoms with van der Waals surface area (Å²) in [4.78, 5) is 0. The van der Waals surface area contributed by atoms with Gasteiger partial charge in [0.15, 0.2) is 0 Å². The average molecular weight is 219 g/mol. The molecule has 0 saturated heterocycles. The summed E-state index contributed by atoms with van der Waals surface area (Å²) in [5.74, 6) is 2.52. The van der Waals surface area contributed by atoms with E-state index in [-0.39, 0.29) is 0 Å². The molecule has 86 valence electrons. The van der Waals surface area contributed by atoms with Crippen LogP contribution in [0.3, 0.4) is 0 Å². The molecule has 0 bridgehead atoms. The van der Waals surface area contributed by atoms with Crippen molar-refractivity contribution in [3.8, 4) is 0 Å². The van der Waals surface area contributed by atoms with Crippen molar-refractivity contribution in [2.24, 2.45) is 0 Å². The molecule has 0 atom stereocenters. The molecule has 0 radical (unpaired) electrons. The van der Waals surface area contributed by atoms with E-state index in [0.717, 1.165) is 4.48 Å². The largest absolute Gasteiger partial charge is 0.330 e. The van der Waals surface area contributed by atoms with Crippen molar-refractivity contribution in [3.63, 3.8) is 0 Å². The van der Waals surface area contributed by atoms with Crippen molar-refractivity contribution in [2.75, 3.05) is 46.2 Å². The van der Waals surface area contributed by atoms with E-state index in [9.17, 15) is 0 Å². The van der Waals surface area contributed by atoms with E-state index in [4.69, 9.17) is 0 Å². The van der Waals surface area contributed by atoms with E-state index in [1.165, 1.54) is 24.5 Å². The molecule has 0 fully saturated rings. The number of hydrogen-bond donors (Lipinski definition) is 1. The van der Waals surface area contributed by atoms with Crippen molar-refractivity contribution in [3.05, 3.63) is 0 Å². The molecule has 0 unspecified atom stereocenters. The Morgan fingerprint density at radius 2 is 1.71 bits per heavy atom. The number of quaternary nitrogens is 1. The summed E-state index contributed by atoms with van der Waals surface area (Å²) < 4.78 is 1.07. The van der Waals surface area contributed by atoms with E-state index in [1.807, 2.05) is 7.05 Å². The van der Waals surface area contributed by atoms with Crippen molar-refractivity contribution < 1.29 is 4.48 Å². The zero-order valence-electron chi connectivity index (χ0n) is 10.7. The molecular weight excluding hydrogens is 192 g/mol. The standard InChI is InChI=1S/C11H27N2S/c1-11(2,12-3)7-9-14-10-8-13(4,5)6/h12H,7-10H2,1-6H3/q+1. The Labute approximate surface area is 94.0 Å². The zero-order chi connectivity index (χ0) is 11.2. The fourth-order valence-electron chi connectivity index (χ4n) is 0.893. The smallest absolute Gasteiger partial charge is 0.0872 e. The normalized spacial score (nSPS) is 13.3. The first-order chi connectivity index (χ1) is 6.27. The number of nitrogens with zero attached hydrogens (tertiary/aromatic N) is 1. The van der Waals surface area contributed by atoms with E-state index in [2.05, 4.69) is 52.1 Å². The first-order valence-electron chi connectivity index (χ1n) is 5.34. The van der Waals surface area contributed by atoms with Gasteiger partial charge in [0.25, 0.3) is 0 Å². The van der Waals surface area contributed by atoms with Crippen molar-refractivity contribution in [2.45, 2.75) is 25.8 Å². The van der Waals surface area contributed by atoms with Crippen LogP contribution in [0.4, 0.5) is 0 Å². The maximum atomic E-state index is 3.33. The Balaban J connectivity index is 3.39. The summed E-state index contributed by atoms with van der Waals surface area (Å²) in [6.07, 6.45) is 1.24. The highest BCUT2D eigenvalue weighted by Gasteiger charge is 2.14. The summed E-state index contributed by atoms with van der Waals surface area (Å²) in [5.41, 5.74) is 0.295.